The number of hydrogen-bond donors (Lipinski definition) is 1. The highest BCUT2D eigenvalue weighted by Crippen LogP contribution is 2.26. The van der Waals surface area contributed by atoms with Crippen molar-refractivity contribution in [1.29, 1.82) is 0 Å². The van der Waals surface area contributed by atoms with E-state index in [-0.39, 0.29) is 0 Å². The summed E-state index contributed by atoms with van der Waals surface area (Å²) >= 11 is 0. The van der Waals surface area contributed by atoms with Crippen molar-refractivity contribution in [3.63, 3.8) is 0 Å². The number of nitrogens with one attached hydrogen (secondary N) is 1. The molecule has 3 rings (SSSR count). The van der Waals surface area contributed by atoms with Gasteiger partial charge in [-0.15, -0.1) is 0 Å². The molecule has 23 heavy (non-hydrogen) atoms. The Labute approximate surface area is 139 Å². The highest BCUT2D eigenvalue weighted by molar-refractivity contribution is 5.56. The Morgan fingerprint density at radius 3 is 2.96 bits per heavy atom. The van der Waals surface area contributed by atoms with Gasteiger partial charge in [-0.05, 0) is 43.0 Å². The zero-order valence-electron chi connectivity index (χ0n) is 13.9. The van der Waals surface area contributed by atoms with Crippen LogP contribution in [0.1, 0.15) is 25.3 Å². The minimum Gasteiger partial charge on any atom is -0.494 e. The molecule has 0 unspecified atom stereocenters. The third-order valence-electron chi connectivity index (χ3n) is 4.22. The average Bonchev–Trinajstić information content (AvgIpc) is 2.60. The second-order valence-corrected chi connectivity index (χ2v) is 6.02. The van der Waals surface area contributed by atoms with E-state index in [0.717, 1.165) is 44.1 Å². The zero-order chi connectivity index (χ0) is 15.9. The first-order valence-corrected chi connectivity index (χ1v) is 8.66. The Balaban J connectivity index is 1.54. The van der Waals surface area contributed by atoms with Gasteiger partial charge in [-0.3, -0.25) is 0 Å². The summed E-state index contributed by atoms with van der Waals surface area (Å²) in [5.74, 6) is 0.945. The molecular formula is C20H26N2O. The van der Waals surface area contributed by atoms with Crippen molar-refractivity contribution in [2.75, 3.05) is 36.5 Å². The second kappa shape index (κ2) is 7.91. The Morgan fingerprint density at radius 1 is 1.13 bits per heavy atom. The smallest absolute Gasteiger partial charge is 0.121 e. The summed E-state index contributed by atoms with van der Waals surface area (Å²) in [7, 11) is 0. The van der Waals surface area contributed by atoms with Crippen LogP contribution in [-0.2, 0) is 6.42 Å². The molecule has 0 amide bonds. The van der Waals surface area contributed by atoms with Crippen molar-refractivity contribution in [3.8, 4) is 5.75 Å². The van der Waals surface area contributed by atoms with Gasteiger partial charge in [0.15, 0.2) is 0 Å². The van der Waals surface area contributed by atoms with Crippen molar-refractivity contribution in [3.05, 3.63) is 54.1 Å². The van der Waals surface area contributed by atoms with Gasteiger partial charge >= 0.3 is 0 Å². The molecule has 2 aromatic rings. The van der Waals surface area contributed by atoms with E-state index in [1.54, 1.807) is 0 Å². The molecule has 0 bridgehead atoms. The van der Waals surface area contributed by atoms with Gasteiger partial charge in [-0.2, -0.15) is 0 Å². The number of ether oxygens (including phenoxy) is 1. The van der Waals surface area contributed by atoms with Crippen LogP contribution in [0.25, 0.3) is 0 Å². The number of para-hydroxylation sites is 1. The number of hydrogen-bond acceptors (Lipinski definition) is 3. The standard InChI is InChI=1S/C20H26N2O/c1-2-15-23-19-10-5-9-18(16-19)21-12-14-22-13-6-8-17-7-3-4-11-20(17)22/h3-5,7,9-11,16,21H,2,6,8,12-15H2,1H3. The van der Waals surface area contributed by atoms with Crippen LogP contribution in [0.3, 0.4) is 0 Å². The summed E-state index contributed by atoms with van der Waals surface area (Å²) < 4.78 is 5.69. The van der Waals surface area contributed by atoms with Crippen LogP contribution in [0.2, 0.25) is 0 Å². The van der Waals surface area contributed by atoms with Gasteiger partial charge in [0, 0.05) is 37.1 Å². The lowest BCUT2D eigenvalue weighted by atomic mass is 10.0. The summed E-state index contributed by atoms with van der Waals surface area (Å²) in [5, 5.41) is 3.52. The van der Waals surface area contributed by atoms with Crippen molar-refractivity contribution in [2.24, 2.45) is 0 Å². The number of nitrogens with zero attached hydrogens (tertiary/aromatic N) is 1. The number of benzene rings is 2. The number of aryl methyl sites for hydroxylation is 1. The van der Waals surface area contributed by atoms with Gasteiger partial charge in [-0.25, -0.2) is 0 Å². The molecule has 122 valence electrons. The largest absolute Gasteiger partial charge is 0.494 e. The summed E-state index contributed by atoms with van der Waals surface area (Å²) in [4.78, 5) is 2.49. The van der Waals surface area contributed by atoms with Gasteiger partial charge in [0.1, 0.15) is 5.75 Å². The summed E-state index contributed by atoms with van der Waals surface area (Å²) in [6, 6.07) is 17.0. The van der Waals surface area contributed by atoms with Gasteiger partial charge in [-0.1, -0.05) is 31.2 Å². The number of fused-ring (bicyclic) bond motifs is 1. The van der Waals surface area contributed by atoms with E-state index in [4.69, 9.17) is 4.74 Å². The molecule has 0 radical (unpaired) electrons. The molecule has 1 aliphatic rings. The molecule has 0 aromatic heterocycles. The molecule has 0 atom stereocenters. The fraction of sp³-hybridized carbons (Fsp3) is 0.400. The van der Waals surface area contributed by atoms with E-state index in [2.05, 4.69) is 53.5 Å². The normalized spacial score (nSPS) is 13.5. The quantitative estimate of drug-likeness (QED) is 0.823. The van der Waals surface area contributed by atoms with Crippen molar-refractivity contribution < 1.29 is 4.74 Å². The van der Waals surface area contributed by atoms with E-state index in [0.29, 0.717) is 0 Å². The molecule has 1 heterocycles. The molecule has 3 heteroatoms. The molecule has 1 N–H and O–H groups in total. The first kappa shape index (κ1) is 15.7. The first-order chi connectivity index (χ1) is 11.4. The van der Waals surface area contributed by atoms with Crippen LogP contribution in [0.15, 0.2) is 48.5 Å². The lowest BCUT2D eigenvalue weighted by Gasteiger charge is -2.31. The number of rotatable bonds is 7. The Kier molecular flexibility index (Phi) is 5.41. The topological polar surface area (TPSA) is 24.5 Å². The minimum absolute atomic E-state index is 0.772. The highest BCUT2D eigenvalue weighted by atomic mass is 16.5. The lowest BCUT2D eigenvalue weighted by Crippen LogP contribution is -2.33. The van der Waals surface area contributed by atoms with Crippen LogP contribution in [0.4, 0.5) is 11.4 Å². The molecule has 1 aliphatic heterocycles. The fourth-order valence-corrected chi connectivity index (χ4v) is 3.09. The maximum atomic E-state index is 5.69. The monoisotopic (exact) mass is 310 g/mol. The molecule has 0 saturated carbocycles. The molecule has 0 spiro atoms. The Hall–Kier alpha value is -2.16. The predicted octanol–water partition coefficient (Wildman–Crippen LogP) is 4.34. The van der Waals surface area contributed by atoms with Crippen LogP contribution in [0.5, 0.6) is 5.75 Å². The van der Waals surface area contributed by atoms with Crippen LogP contribution < -0.4 is 15.0 Å². The Bertz CT molecular complexity index is 627. The fourth-order valence-electron chi connectivity index (χ4n) is 3.09. The second-order valence-electron chi connectivity index (χ2n) is 6.02. The molecule has 3 nitrogen and oxygen atoms in total. The van der Waals surface area contributed by atoms with Crippen molar-refractivity contribution in [2.45, 2.75) is 26.2 Å². The molecule has 2 aromatic carbocycles. The minimum atomic E-state index is 0.772. The molecule has 0 saturated heterocycles. The number of anilines is 2. The SMILES string of the molecule is CCCOc1cccc(NCCN2CCCc3ccccc32)c1. The summed E-state index contributed by atoms with van der Waals surface area (Å²) in [6.45, 7) is 6.01. The maximum absolute atomic E-state index is 5.69. The third-order valence-corrected chi connectivity index (χ3v) is 4.22. The molecule has 0 fully saturated rings. The maximum Gasteiger partial charge on any atom is 0.121 e. The van der Waals surface area contributed by atoms with E-state index < -0.39 is 0 Å². The average molecular weight is 310 g/mol. The van der Waals surface area contributed by atoms with E-state index >= 15 is 0 Å². The van der Waals surface area contributed by atoms with Gasteiger partial charge in [0.05, 0.1) is 6.61 Å². The van der Waals surface area contributed by atoms with Crippen LogP contribution in [-0.4, -0.2) is 26.2 Å². The molecular weight excluding hydrogens is 284 g/mol. The van der Waals surface area contributed by atoms with E-state index in [1.807, 2.05) is 12.1 Å². The van der Waals surface area contributed by atoms with E-state index in [1.165, 1.54) is 24.1 Å². The van der Waals surface area contributed by atoms with E-state index in [9.17, 15) is 0 Å². The van der Waals surface area contributed by atoms with Crippen LogP contribution >= 0.6 is 0 Å². The van der Waals surface area contributed by atoms with Crippen molar-refractivity contribution in [1.82, 2.24) is 0 Å². The zero-order valence-corrected chi connectivity index (χ0v) is 13.9. The van der Waals surface area contributed by atoms with Gasteiger partial charge in [0.25, 0.3) is 0 Å². The summed E-state index contributed by atoms with van der Waals surface area (Å²) in [5.41, 5.74) is 4.01. The lowest BCUT2D eigenvalue weighted by molar-refractivity contribution is 0.317. The predicted molar refractivity (Wildman–Crippen MR) is 97.7 cm³/mol. The third kappa shape index (κ3) is 4.19. The molecule has 0 aliphatic carbocycles. The first-order valence-electron chi connectivity index (χ1n) is 8.66. The van der Waals surface area contributed by atoms with Crippen molar-refractivity contribution >= 4 is 11.4 Å². The van der Waals surface area contributed by atoms with Gasteiger partial charge < -0.3 is 15.0 Å². The Morgan fingerprint density at radius 2 is 2.04 bits per heavy atom. The van der Waals surface area contributed by atoms with Gasteiger partial charge in [0.2, 0.25) is 0 Å². The highest BCUT2D eigenvalue weighted by Gasteiger charge is 2.15. The van der Waals surface area contributed by atoms with Crippen LogP contribution in [0, 0.1) is 0 Å². The summed E-state index contributed by atoms with van der Waals surface area (Å²) in [6.07, 6.45) is 3.49.